The maximum Gasteiger partial charge on any atom is 0.410 e. The second-order valence-electron chi connectivity index (χ2n) is 12.7. The summed E-state index contributed by atoms with van der Waals surface area (Å²) >= 11 is 0. The molecule has 2 unspecified atom stereocenters. The lowest BCUT2D eigenvalue weighted by Gasteiger charge is -2.51. The van der Waals surface area contributed by atoms with Crippen LogP contribution >= 0.6 is 0 Å². The molecule has 5 rings (SSSR count). The number of rotatable bonds is 6. The molecule has 1 aromatic heterocycles. The molecule has 3 aliphatic rings. The lowest BCUT2D eigenvalue weighted by atomic mass is 9.63. The van der Waals surface area contributed by atoms with Crippen molar-refractivity contribution in [2.75, 3.05) is 39.3 Å². The molecule has 2 fully saturated rings. The van der Waals surface area contributed by atoms with Crippen molar-refractivity contribution in [1.29, 1.82) is 0 Å². The van der Waals surface area contributed by atoms with E-state index in [2.05, 4.69) is 35.3 Å². The summed E-state index contributed by atoms with van der Waals surface area (Å²) in [7, 11) is 0. The number of amides is 1. The third-order valence-electron chi connectivity index (χ3n) is 8.75. The monoisotopic (exact) mass is 550 g/mol. The van der Waals surface area contributed by atoms with E-state index < -0.39 is 11.7 Å². The van der Waals surface area contributed by atoms with Gasteiger partial charge in [-0.25, -0.2) is 4.79 Å². The van der Waals surface area contributed by atoms with E-state index in [1.54, 1.807) is 4.90 Å². The molecule has 1 amide bonds. The highest BCUT2D eigenvalue weighted by molar-refractivity contribution is 5.69. The zero-order valence-corrected chi connectivity index (χ0v) is 24.8. The summed E-state index contributed by atoms with van der Waals surface area (Å²) in [5, 5.41) is 14.2. The van der Waals surface area contributed by atoms with Crippen LogP contribution in [-0.2, 0) is 16.7 Å². The number of carbonyl (C=O) groups is 1. The molecule has 0 saturated carbocycles. The van der Waals surface area contributed by atoms with Crippen LogP contribution in [0, 0.1) is 5.92 Å². The highest BCUT2D eigenvalue weighted by Gasteiger charge is 2.48. The Morgan fingerprint density at radius 2 is 2.00 bits per heavy atom. The van der Waals surface area contributed by atoms with Crippen molar-refractivity contribution in [2.45, 2.75) is 83.6 Å². The number of aromatic nitrogens is 1. The molecule has 1 spiro atoms. The Kier molecular flexibility index (Phi) is 8.41. The first kappa shape index (κ1) is 28.8. The number of aliphatic hydroxyl groups excluding tert-OH is 1. The molecule has 40 heavy (non-hydrogen) atoms. The van der Waals surface area contributed by atoms with Crippen LogP contribution < -0.4 is 10.1 Å². The number of hydrogen-bond donors (Lipinski definition) is 2. The van der Waals surface area contributed by atoms with Crippen molar-refractivity contribution in [1.82, 2.24) is 20.1 Å². The highest BCUT2D eigenvalue weighted by atomic mass is 16.6. The van der Waals surface area contributed by atoms with Gasteiger partial charge in [0.1, 0.15) is 11.4 Å². The predicted molar refractivity (Wildman–Crippen MR) is 156 cm³/mol. The number of pyridine rings is 1. The molecule has 218 valence electrons. The number of para-hydroxylation sites is 1. The largest absolute Gasteiger partial charge is 0.493 e. The Bertz CT molecular complexity index is 1200. The van der Waals surface area contributed by atoms with E-state index in [9.17, 15) is 9.90 Å². The number of fused-ring (bicyclic) bond motifs is 2. The van der Waals surface area contributed by atoms with E-state index in [0.29, 0.717) is 38.6 Å². The van der Waals surface area contributed by atoms with Gasteiger partial charge in [0.25, 0.3) is 0 Å². The van der Waals surface area contributed by atoms with Gasteiger partial charge in [0, 0.05) is 30.6 Å². The van der Waals surface area contributed by atoms with Gasteiger partial charge in [-0.15, -0.1) is 0 Å². The number of hydrogen-bond acceptors (Lipinski definition) is 7. The van der Waals surface area contributed by atoms with Gasteiger partial charge in [-0.2, -0.15) is 0 Å². The number of nitrogens with zero attached hydrogens (tertiary/aromatic N) is 3. The minimum atomic E-state index is -0.579. The average molecular weight is 551 g/mol. The second kappa shape index (κ2) is 11.7. The van der Waals surface area contributed by atoms with Gasteiger partial charge in [0.15, 0.2) is 0 Å². The van der Waals surface area contributed by atoms with Gasteiger partial charge in [-0.3, -0.25) is 9.88 Å². The summed E-state index contributed by atoms with van der Waals surface area (Å²) in [5.74, 6) is 1.34. The number of nitrogens with one attached hydrogen (secondary N) is 1. The average Bonchev–Trinajstić information content (AvgIpc) is 3.28. The van der Waals surface area contributed by atoms with Crippen molar-refractivity contribution < 1.29 is 19.4 Å². The van der Waals surface area contributed by atoms with E-state index in [-0.39, 0.29) is 17.6 Å². The van der Waals surface area contributed by atoms with Crippen molar-refractivity contribution in [3.63, 3.8) is 0 Å². The smallest absolute Gasteiger partial charge is 0.410 e. The highest BCUT2D eigenvalue weighted by Crippen LogP contribution is 2.45. The number of ether oxygens (including phenoxy) is 2. The third-order valence-corrected chi connectivity index (χ3v) is 8.75. The molecule has 8 nitrogen and oxygen atoms in total. The second-order valence-corrected chi connectivity index (χ2v) is 12.7. The number of piperidine rings is 1. The quantitative estimate of drug-likeness (QED) is 0.544. The summed E-state index contributed by atoms with van der Waals surface area (Å²) in [5.41, 5.74) is 3.82. The van der Waals surface area contributed by atoms with Crippen molar-refractivity contribution in [3.05, 3.63) is 47.7 Å². The summed E-state index contributed by atoms with van der Waals surface area (Å²) in [6.07, 6.45) is 1.81. The van der Waals surface area contributed by atoms with Gasteiger partial charge in [0.05, 0.1) is 36.7 Å². The van der Waals surface area contributed by atoms with E-state index in [4.69, 9.17) is 14.5 Å². The Morgan fingerprint density at radius 1 is 1.20 bits per heavy atom. The standard InChI is InChI=1S/C32H46N4O4/c1-6-22-17-33-15-14-32(22)21-35(18-23-16-24(37)19-36(23)30(38)40-31(3,4)5)20-28-26(32)12-13-27(34-28)25-10-8-9-11-29(25)39-7-2/h8-13,22-24,33,37H,6-7,14-21H2,1-5H3/t22?,23-,24+,32?/m1/s1. The lowest BCUT2D eigenvalue weighted by molar-refractivity contribution is 0.0148. The summed E-state index contributed by atoms with van der Waals surface area (Å²) in [4.78, 5) is 22.6. The maximum atomic E-state index is 13.1. The molecule has 4 atom stereocenters. The molecular weight excluding hydrogens is 504 g/mol. The van der Waals surface area contributed by atoms with E-state index in [1.165, 1.54) is 5.56 Å². The molecule has 3 aliphatic heterocycles. The van der Waals surface area contributed by atoms with Crippen molar-refractivity contribution >= 4 is 6.09 Å². The normalized spacial score (nSPS) is 27.1. The predicted octanol–water partition coefficient (Wildman–Crippen LogP) is 4.59. The molecule has 4 heterocycles. The number of aliphatic hydroxyl groups is 1. The van der Waals surface area contributed by atoms with Gasteiger partial charge < -0.3 is 24.8 Å². The van der Waals surface area contributed by atoms with Crippen LogP contribution in [0.4, 0.5) is 4.79 Å². The fourth-order valence-electron chi connectivity index (χ4n) is 7.06. The molecule has 2 N–H and O–H groups in total. The fourth-order valence-corrected chi connectivity index (χ4v) is 7.06. The molecule has 2 saturated heterocycles. The van der Waals surface area contributed by atoms with Crippen LogP contribution in [0.2, 0.25) is 0 Å². The number of carbonyl (C=O) groups excluding carboxylic acids is 1. The number of likely N-dealkylation sites (tertiary alicyclic amines) is 1. The Morgan fingerprint density at radius 3 is 2.75 bits per heavy atom. The van der Waals surface area contributed by atoms with Crippen LogP contribution in [0.5, 0.6) is 5.75 Å². The summed E-state index contributed by atoms with van der Waals surface area (Å²) in [6.45, 7) is 15.1. The van der Waals surface area contributed by atoms with Crippen LogP contribution in [0.15, 0.2) is 36.4 Å². The lowest BCUT2D eigenvalue weighted by Crippen LogP contribution is -2.58. The minimum absolute atomic E-state index is 0.00742. The number of benzene rings is 1. The van der Waals surface area contributed by atoms with E-state index >= 15 is 0 Å². The fraction of sp³-hybridized carbons (Fsp3) is 0.625. The summed E-state index contributed by atoms with van der Waals surface area (Å²) < 4.78 is 11.6. The molecule has 2 aromatic rings. The Labute approximate surface area is 239 Å². The molecule has 1 aromatic carbocycles. The van der Waals surface area contributed by atoms with Crippen LogP contribution in [-0.4, -0.2) is 83.1 Å². The molecule has 0 aliphatic carbocycles. The van der Waals surface area contributed by atoms with Crippen molar-refractivity contribution in [2.24, 2.45) is 5.92 Å². The zero-order valence-electron chi connectivity index (χ0n) is 24.8. The minimum Gasteiger partial charge on any atom is -0.493 e. The SMILES string of the molecule is CCOc1ccccc1-c1ccc2c(n1)CN(C[C@H]1C[C@H](O)CN1C(=O)OC(C)(C)C)CC21CCNCC1CC. The Hall–Kier alpha value is -2.68. The molecule has 0 bridgehead atoms. The summed E-state index contributed by atoms with van der Waals surface area (Å²) in [6, 6.07) is 12.5. The zero-order chi connectivity index (χ0) is 28.5. The first-order valence-corrected chi connectivity index (χ1v) is 15.0. The van der Waals surface area contributed by atoms with Gasteiger partial charge in [-0.05, 0) is 83.3 Å². The van der Waals surface area contributed by atoms with Crippen molar-refractivity contribution in [3.8, 4) is 17.0 Å². The van der Waals surface area contributed by atoms with Crippen LogP contribution in [0.3, 0.4) is 0 Å². The van der Waals surface area contributed by atoms with Crippen LogP contribution in [0.25, 0.3) is 11.3 Å². The maximum absolute atomic E-state index is 13.1. The first-order valence-electron chi connectivity index (χ1n) is 15.0. The van der Waals surface area contributed by atoms with Gasteiger partial charge in [-0.1, -0.05) is 31.5 Å². The topological polar surface area (TPSA) is 87.2 Å². The number of β-amino-alcohol motifs (C(OH)–C–C–N with tert-alkyl or cyclic N) is 1. The third kappa shape index (κ3) is 5.85. The van der Waals surface area contributed by atoms with Gasteiger partial charge >= 0.3 is 6.09 Å². The first-order chi connectivity index (χ1) is 19.1. The van der Waals surface area contributed by atoms with E-state index in [1.807, 2.05) is 45.9 Å². The van der Waals surface area contributed by atoms with Crippen LogP contribution in [0.1, 0.15) is 65.1 Å². The molecule has 0 radical (unpaired) electrons. The Balaban J connectivity index is 1.49. The molecular formula is C32H46N4O4. The molecule has 8 heteroatoms. The van der Waals surface area contributed by atoms with E-state index in [0.717, 1.165) is 55.2 Å². The van der Waals surface area contributed by atoms with Gasteiger partial charge in [0.2, 0.25) is 0 Å².